The zero-order chi connectivity index (χ0) is 44.1. The maximum Gasteiger partial charge on any atom is 0.408 e. The van der Waals surface area contributed by atoms with E-state index < -0.39 is 64.7 Å². The van der Waals surface area contributed by atoms with E-state index in [0.717, 1.165) is 27.9 Å². The van der Waals surface area contributed by atoms with Gasteiger partial charge in [-0.05, 0) is 66.8 Å². The molecule has 4 amide bonds. The fourth-order valence-corrected chi connectivity index (χ4v) is 6.33. The highest BCUT2D eigenvalue weighted by molar-refractivity contribution is 5.87. The van der Waals surface area contributed by atoms with Gasteiger partial charge in [-0.1, -0.05) is 133 Å². The third-order valence-corrected chi connectivity index (χ3v) is 9.45. The molecule has 4 rings (SSSR count). The Kier molecular flexibility index (Phi) is 16.4. The van der Waals surface area contributed by atoms with Crippen molar-refractivity contribution in [2.24, 2.45) is 10.8 Å². The lowest BCUT2D eigenvalue weighted by Crippen LogP contribution is -2.61. The smallest absolute Gasteiger partial charge is 0.408 e. The zero-order valence-electron chi connectivity index (χ0n) is 36.3. The number of amides is 4. The molecule has 0 fully saturated rings. The summed E-state index contributed by atoms with van der Waals surface area (Å²) in [6.07, 6.45) is -0.796. The Balaban J connectivity index is 1.62. The van der Waals surface area contributed by atoms with Crippen LogP contribution >= 0.6 is 0 Å². The minimum atomic E-state index is -1.25. The molecule has 13 heteroatoms. The van der Waals surface area contributed by atoms with Crippen molar-refractivity contribution >= 4 is 24.0 Å². The molecule has 0 spiro atoms. The van der Waals surface area contributed by atoms with Gasteiger partial charge in [-0.3, -0.25) is 20.0 Å². The van der Waals surface area contributed by atoms with Crippen LogP contribution in [0.3, 0.4) is 0 Å². The second kappa shape index (κ2) is 20.9. The molecule has 1 aromatic heterocycles. The van der Waals surface area contributed by atoms with E-state index in [1.807, 2.05) is 145 Å². The predicted octanol–water partition coefficient (Wildman–Crippen LogP) is 6.95. The van der Waals surface area contributed by atoms with Gasteiger partial charge in [-0.25, -0.2) is 14.6 Å². The summed E-state index contributed by atoms with van der Waals surface area (Å²) < 4.78 is 10.9. The lowest BCUT2D eigenvalue weighted by atomic mass is 9.85. The molecule has 4 atom stereocenters. The number of aliphatic hydroxyl groups is 1. The van der Waals surface area contributed by atoms with Crippen molar-refractivity contribution in [1.82, 2.24) is 31.4 Å². The first-order valence-electron chi connectivity index (χ1n) is 20.2. The number of alkyl carbamates (subject to hydrolysis) is 2. The van der Waals surface area contributed by atoms with Crippen LogP contribution in [-0.4, -0.2) is 75.5 Å². The molecule has 322 valence electrons. The molecule has 0 saturated heterocycles. The highest BCUT2D eigenvalue weighted by atomic mass is 16.6. The summed E-state index contributed by atoms with van der Waals surface area (Å²) in [7, 11) is 0. The Morgan fingerprint density at radius 2 is 1.20 bits per heavy atom. The highest BCUT2D eigenvalue weighted by Crippen LogP contribution is 2.23. The highest BCUT2D eigenvalue weighted by Gasteiger charge is 2.38. The van der Waals surface area contributed by atoms with Crippen LogP contribution in [-0.2, 0) is 38.6 Å². The first kappa shape index (κ1) is 46.9. The number of aliphatic hydroxyl groups excluding tert-OH is 1. The van der Waals surface area contributed by atoms with Gasteiger partial charge in [0.1, 0.15) is 24.3 Å². The summed E-state index contributed by atoms with van der Waals surface area (Å²) in [5.41, 5.74) is 4.85. The fourth-order valence-electron chi connectivity index (χ4n) is 6.33. The van der Waals surface area contributed by atoms with Gasteiger partial charge in [0.05, 0.1) is 17.8 Å². The SMILES string of the molecule is CC(C)(C)OC(=O)NC(C(=O)N[C@@H](Cc1ccccc1)[C@@H](O)CN(Cc1ccc(-c2ccccn2)cc1)NC(=O)[C@@H](NC(=O)OCc1ccccc1)C(C)(C)C)C(C)(C)C. The Labute approximate surface area is 354 Å². The van der Waals surface area contributed by atoms with E-state index in [1.165, 1.54) is 0 Å². The van der Waals surface area contributed by atoms with E-state index in [0.29, 0.717) is 0 Å². The van der Waals surface area contributed by atoms with E-state index in [1.54, 1.807) is 32.0 Å². The summed E-state index contributed by atoms with van der Waals surface area (Å²) >= 11 is 0. The zero-order valence-corrected chi connectivity index (χ0v) is 36.3. The number of hydrogen-bond donors (Lipinski definition) is 5. The summed E-state index contributed by atoms with van der Waals surface area (Å²) in [6, 6.07) is 29.0. The number of pyridine rings is 1. The summed E-state index contributed by atoms with van der Waals surface area (Å²) in [6.45, 7) is 16.2. The van der Waals surface area contributed by atoms with Crippen LogP contribution in [0.25, 0.3) is 11.3 Å². The lowest BCUT2D eigenvalue weighted by molar-refractivity contribution is -0.132. The van der Waals surface area contributed by atoms with E-state index in [2.05, 4.69) is 26.4 Å². The first-order valence-corrected chi connectivity index (χ1v) is 20.2. The van der Waals surface area contributed by atoms with Crippen molar-refractivity contribution in [3.63, 3.8) is 0 Å². The molecule has 1 heterocycles. The van der Waals surface area contributed by atoms with Gasteiger partial charge in [-0.15, -0.1) is 0 Å². The van der Waals surface area contributed by atoms with Gasteiger partial charge in [0, 0.05) is 24.8 Å². The second-order valence-corrected chi connectivity index (χ2v) is 18.1. The van der Waals surface area contributed by atoms with Gasteiger partial charge < -0.3 is 30.5 Å². The van der Waals surface area contributed by atoms with Crippen LogP contribution in [0.15, 0.2) is 109 Å². The number of nitrogens with zero attached hydrogens (tertiary/aromatic N) is 2. The fraction of sp³-hybridized carbons (Fsp3) is 0.426. The first-order chi connectivity index (χ1) is 28.2. The Bertz CT molecular complexity index is 1980. The van der Waals surface area contributed by atoms with Gasteiger partial charge in [0.2, 0.25) is 5.91 Å². The number of carbonyl (C=O) groups is 4. The van der Waals surface area contributed by atoms with Crippen LogP contribution in [0.5, 0.6) is 0 Å². The number of carbonyl (C=O) groups excluding carboxylic acids is 4. The number of ether oxygens (including phenoxy) is 2. The average Bonchev–Trinajstić information content (AvgIpc) is 3.17. The monoisotopic (exact) mass is 822 g/mol. The molecular weight excluding hydrogens is 761 g/mol. The number of nitrogens with one attached hydrogen (secondary N) is 4. The van der Waals surface area contributed by atoms with Crippen molar-refractivity contribution < 1.29 is 33.8 Å². The number of rotatable bonds is 16. The number of hydrazine groups is 1. The molecule has 0 aliphatic carbocycles. The van der Waals surface area contributed by atoms with Crippen LogP contribution in [0.4, 0.5) is 9.59 Å². The molecule has 60 heavy (non-hydrogen) atoms. The van der Waals surface area contributed by atoms with E-state index in [4.69, 9.17) is 9.47 Å². The summed E-state index contributed by atoms with van der Waals surface area (Å²) in [5.74, 6) is -1.05. The molecule has 0 aliphatic rings. The molecule has 4 aromatic rings. The van der Waals surface area contributed by atoms with E-state index in [-0.39, 0.29) is 26.1 Å². The molecule has 0 bridgehead atoms. The molecular formula is C47H62N6O7. The van der Waals surface area contributed by atoms with Gasteiger partial charge in [0.15, 0.2) is 0 Å². The van der Waals surface area contributed by atoms with Gasteiger partial charge >= 0.3 is 12.2 Å². The molecule has 0 saturated carbocycles. The third kappa shape index (κ3) is 15.4. The summed E-state index contributed by atoms with van der Waals surface area (Å²) in [5, 5.41) is 22.1. The van der Waals surface area contributed by atoms with Crippen molar-refractivity contribution in [3.8, 4) is 11.3 Å². The van der Waals surface area contributed by atoms with Crippen LogP contribution < -0.4 is 21.4 Å². The third-order valence-electron chi connectivity index (χ3n) is 9.45. The van der Waals surface area contributed by atoms with Crippen LogP contribution in [0.1, 0.15) is 79.0 Å². The minimum Gasteiger partial charge on any atom is -0.445 e. The molecule has 5 N–H and O–H groups in total. The Hall–Kier alpha value is -5.79. The Morgan fingerprint density at radius 1 is 0.650 bits per heavy atom. The minimum absolute atomic E-state index is 0.0237. The maximum atomic E-state index is 14.2. The van der Waals surface area contributed by atoms with E-state index >= 15 is 0 Å². The van der Waals surface area contributed by atoms with Gasteiger partial charge in [-0.2, -0.15) is 0 Å². The molecule has 3 aromatic carbocycles. The van der Waals surface area contributed by atoms with Crippen molar-refractivity contribution in [1.29, 1.82) is 0 Å². The number of benzene rings is 3. The van der Waals surface area contributed by atoms with Crippen molar-refractivity contribution in [3.05, 3.63) is 126 Å². The topological polar surface area (TPSA) is 171 Å². The molecule has 0 aliphatic heterocycles. The van der Waals surface area contributed by atoms with E-state index in [9.17, 15) is 24.3 Å². The second-order valence-electron chi connectivity index (χ2n) is 18.1. The molecule has 1 unspecified atom stereocenters. The standard InChI is InChI=1S/C47H62N6O7/c1-45(2,3)39(51-44(58)60-47(7,8)9)41(55)49-37(28-32-18-12-10-13-19-32)38(54)30-53(29-33-23-25-35(26-24-33)36-22-16-17-27-48-36)52-42(56)40(46(4,5)6)50-43(57)59-31-34-20-14-11-15-21-34/h10-27,37-40,54H,28-31H2,1-9H3,(H,49,55)(H,50,57)(H,51,58)(H,52,56)/t37-,38-,39?,40+/m0/s1. The van der Waals surface area contributed by atoms with Gasteiger partial charge in [0.25, 0.3) is 5.91 Å². The molecule has 13 nitrogen and oxygen atoms in total. The van der Waals surface area contributed by atoms with Crippen molar-refractivity contribution in [2.45, 2.75) is 112 Å². The van der Waals surface area contributed by atoms with Crippen molar-refractivity contribution in [2.75, 3.05) is 6.54 Å². The number of aromatic nitrogens is 1. The largest absolute Gasteiger partial charge is 0.445 e. The quantitative estimate of drug-likeness (QED) is 0.0751. The summed E-state index contributed by atoms with van der Waals surface area (Å²) in [4.78, 5) is 58.7. The maximum absolute atomic E-state index is 14.2. The van der Waals surface area contributed by atoms with Crippen LogP contribution in [0, 0.1) is 10.8 Å². The van der Waals surface area contributed by atoms with Crippen LogP contribution in [0.2, 0.25) is 0 Å². The average molecular weight is 823 g/mol. The lowest BCUT2D eigenvalue weighted by Gasteiger charge is -2.36. The predicted molar refractivity (Wildman–Crippen MR) is 232 cm³/mol. The Morgan fingerprint density at radius 3 is 1.75 bits per heavy atom. The normalized spacial score (nSPS) is 13.9. The molecule has 0 radical (unpaired) electrons. The number of hydrogen-bond acceptors (Lipinski definition) is 9.